The van der Waals surface area contributed by atoms with Gasteiger partial charge in [-0.25, -0.2) is 4.98 Å². The van der Waals surface area contributed by atoms with Crippen molar-refractivity contribution in [1.29, 1.82) is 0 Å². The Labute approximate surface area is 338 Å². The van der Waals surface area contributed by atoms with E-state index in [4.69, 9.17) is 19.4 Å². The van der Waals surface area contributed by atoms with Gasteiger partial charge in [0.1, 0.15) is 11.2 Å². The first kappa shape index (κ1) is 34.1. The fraction of sp³-hybridized carbons (Fsp3) is 0.0577. The van der Waals surface area contributed by atoms with E-state index in [-0.39, 0.29) is 0 Å². The first-order chi connectivity index (χ1) is 28.7. The molecule has 5 nitrogen and oxygen atoms in total. The van der Waals surface area contributed by atoms with Crippen molar-refractivity contribution >= 4 is 86.0 Å². The van der Waals surface area contributed by atoms with E-state index >= 15 is 0 Å². The zero-order chi connectivity index (χ0) is 38.7. The van der Waals surface area contributed by atoms with Gasteiger partial charge in [-0.2, -0.15) is 9.97 Å². The van der Waals surface area contributed by atoms with Crippen LogP contribution in [0, 0.1) is 0 Å². The van der Waals surface area contributed by atoms with Gasteiger partial charge in [-0.1, -0.05) is 154 Å². The van der Waals surface area contributed by atoms with Crippen molar-refractivity contribution < 1.29 is 4.42 Å². The number of thiophene rings is 1. The Morgan fingerprint density at radius 1 is 0.483 bits per heavy atom. The molecular weight excluding hydrogens is 729 g/mol. The van der Waals surface area contributed by atoms with Crippen LogP contribution in [0.5, 0.6) is 0 Å². The molecule has 0 aliphatic carbocycles. The summed E-state index contributed by atoms with van der Waals surface area (Å²) in [6.45, 7) is 4.25. The lowest BCUT2D eigenvalue weighted by Crippen LogP contribution is -2.07. The monoisotopic (exact) mass is 764 g/mol. The van der Waals surface area contributed by atoms with Crippen LogP contribution in [0.1, 0.15) is 20.3 Å². The van der Waals surface area contributed by atoms with Gasteiger partial charge in [0.2, 0.25) is 5.95 Å². The molecule has 0 saturated heterocycles. The van der Waals surface area contributed by atoms with E-state index in [0.717, 1.165) is 66.0 Å². The predicted octanol–water partition coefficient (Wildman–Crippen LogP) is 14.8. The third-order valence-corrected chi connectivity index (χ3v) is 12.0. The quantitative estimate of drug-likeness (QED) is 0.179. The van der Waals surface area contributed by atoms with Gasteiger partial charge >= 0.3 is 0 Å². The Morgan fingerprint density at radius 3 is 2.02 bits per heavy atom. The van der Waals surface area contributed by atoms with E-state index < -0.39 is 0 Å². The Kier molecular flexibility index (Phi) is 8.12. The van der Waals surface area contributed by atoms with Crippen molar-refractivity contribution in [2.75, 3.05) is 0 Å². The zero-order valence-corrected chi connectivity index (χ0v) is 32.8. The molecule has 276 valence electrons. The van der Waals surface area contributed by atoms with Crippen LogP contribution >= 0.6 is 11.3 Å². The number of fused-ring (bicyclic) bond motifs is 11. The smallest absolute Gasteiger partial charge is 0.238 e. The van der Waals surface area contributed by atoms with Gasteiger partial charge in [-0.3, -0.25) is 4.57 Å². The molecule has 8 aromatic carbocycles. The molecule has 6 heteroatoms. The highest BCUT2D eigenvalue weighted by molar-refractivity contribution is 7.26. The van der Waals surface area contributed by atoms with Gasteiger partial charge in [0.05, 0.1) is 11.0 Å². The largest absolute Gasteiger partial charge is 0.456 e. The summed E-state index contributed by atoms with van der Waals surface area (Å²) in [6, 6.07) is 59.7. The molecule has 12 aromatic rings. The van der Waals surface area contributed by atoms with E-state index in [0.29, 0.717) is 17.6 Å². The summed E-state index contributed by atoms with van der Waals surface area (Å²) in [5.41, 5.74) is 7.77. The van der Waals surface area contributed by atoms with E-state index in [9.17, 15) is 0 Å². The van der Waals surface area contributed by atoms with Gasteiger partial charge in [-0.05, 0) is 52.7 Å². The topological polar surface area (TPSA) is 56.7 Å². The Morgan fingerprint density at radius 2 is 1.16 bits per heavy atom. The summed E-state index contributed by atoms with van der Waals surface area (Å²) in [4.78, 5) is 15.6. The van der Waals surface area contributed by atoms with E-state index in [1.165, 1.54) is 37.4 Å². The van der Waals surface area contributed by atoms with Crippen molar-refractivity contribution in [2.24, 2.45) is 0 Å². The summed E-state index contributed by atoms with van der Waals surface area (Å²) in [6.07, 6.45) is 1.25. The molecule has 4 aromatic heterocycles. The number of aromatic nitrogens is 4. The molecule has 0 bridgehead atoms. The SMILES string of the molecule is CCC.c1ccc(-c2nc(-c3ccc4c(c3)oc3ccccc34)nc(-n3c4ccccc4c4cccc(-c5ccc6c(c5)sc5ccc7ccccc7c56)c43)n2)cc1. The van der Waals surface area contributed by atoms with Crippen LogP contribution < -0.4 is 0 Å². The van der Waals surface area contributed by atoms with Crippen molar-refractivity contribution in [3.63, 3.8) is 0 Å². The number of nitrogens with zero attached hydrogens (tertiary/aromatic N) is 4. The first-order valence-electron chi connectivity index (χ1n) is 19.8. The maximum Gasteiger partial charge on any atom is 0.238 e. The van der Waals surface area contributed by atoms with Crippen LogP contribution in [0.4, 0.5) is 0 Å². The lowest BCUT2D eigenvalue weighted by Gasteiger charge is -2.13. The van der Waals surface area contributed by atoms with Gasteiger partial charge in [0.25, 0.3) is 0 Å². The second-order valence-corrected chi connectivity index (χ2v) is 15.8. The summed E-state index contributed by atoms with van der Waals surface area (Å²) in [5, 5.41) is 9.59. The van der Waals surface area contributed by atoms with Gasteiger partial charge in [0.15, 0.2) is 11.6 Å². The molecule has 0 saturated carbocycles. The van der Waals surface area contributed by atoms with Crippen molar-refractivity contribution in [3.8, 4) is 39.9 Å². The van der Waals surface area contributed by atoms with Crippen LogP contribution in [-0.2, 0) is 0 Å². The molecule has 4 heterocycles. The number of para-hydroxylation sites is 3. The third-order valence-electron chi connectivity index (χ3n) is 10.9. The standard InChI is InChI=1S/C49H28N4OS.C3H8/c1-2-12-30(13-3-1)47-50-48(32-22-24-37-36-16-7-9-20-41(36)54-42(37)27-32)52-49(51-47)53-40-19-8-6-15-35(40)38-18-10-17-34(46(38)53)31-21-25-39-44(28-31)55-43-26-23-29-11-4-5-14-33(29)45(39)43;1-3-2/h1-28H;3H2,1-2H3. The van der Waals surface area contributed by atoms with Crippen LogP contribution in [0.3, 0.4) is 0 Å². The van der Waals surface area contributed by atoms with Crippen molar-refractivity contribution in [3.05, 3.63) is 170 Å². The highest BCUT2D eigenvalue weighted by Gasteiger charge is 2.21. The molecule has 0 radical (unpaired) electrons. The highest BCUT2D eigenvalue weighted by Crippen LogP contribution is 2.43. The number of rotatable bonds is 4. The maximum absolute atomic E-state index is 6.31. The molecule has 0 N–H and O–H groups in total. The normalized spacial score (nSPS) is 11.7. The fourth-order valence-electron chi connectivity index (χ4n) is 8.35. The van der Waals surface area contributed by atoms with Gasteiger partial charge in [0, 0.05) is 58.4 Å². The van der Waals surface area contributed by atoms with E-state index in [1.54, 1.807) is 0 Å². The number of hydrogen-bond acceptors (Lipinski definition) is 5. The average Bonchev–Trinajstić information content (AvgIpc) is 3.96. The second-order valence-electron chi connectivity index (χ2n) is 14.7. The van der Waals surface area contributed by atoms with Gasteiger partial charge < -0.3 is 4.42 Å². The third kappa shape index (κ3) is 5.48. The summed E-state index contributed by atoms with van der Waals surface area (Å²) < 4.78 is 11.1. The van der Waals surface area contributed by atoms with Crippen LogP contribution in [0.15, 0.2) is 174 Å². The van der Waals surface area contributed by atoms with Crippen molar-refractivity contribution in [2.45, 2.75) is 20.3 Å². The molecule has 0 aliphatic rings. The lowest BCUT2D eigenvalue weighted by atomic mass is 9.99. The van der Waals surface area contributed by atoms with Crippen LogP contribution in [-0.4, -0.2) is 19.5 Å². The molecule has 0 unspecified atom stereocenters. The second kappa shape index (κ2) is 13.8. The molecule has 12 rings (SSSR count). The van der Waals surface area contributed by atoms with E-state index in [1.807, 2.05) is 65.9 Å². The molecular formula is C52H36N4OS. The molecule has 0 fully saturated rings. The minimum atomic E-state index is 0.557. The minimum absolute atomic E-state index is 0.557. The number of hydrogen-bond donors (Lipinski definition) is 0. The minimum Gasteiger partial charge on any atom is -0.456 e. The highest BCUT2D eigenvalue weighted by atomic mass is 32.1. The first-order valence-corrected chi connectivity index (χ1v) is 20.6. The van der Waals surface area contributed by atoms with Crippen LogP contribution in [0.25, 0.3) is 115 Å². The molecule has 0 amide bonds. The summed E-state index contributed by atoms with van der Waals surface area (Å²) in [7, 11) is 0. The molecule has 0 atom stereocenters. The molecule has 58 heavy (non-hydrogen) atoms. The number of furan rings is 1. The van der Waals surface area contributed by atoms with Crippen LogP contribution in [0.2, 0.25) is 0 Å². The summed E-state index contributed by atoms with van der Waals surface area (Å²) in [5.74, 6) is 1.74. The number of benzene rings is 8. The summed E-state index contributed by atoms with van der Waals surface area (Å²) >= 11 is 1.85. The Bertz CT molecular complexity index is 3520. The molecule has 0 spiro atoms. The zero-order valence-electron chi connectivity index (χ0n) is 32.0. The average molecular weight is 765 g/mol. The Balaban J connectivity index is 0.00000125. The maximum atomic E-state index is 6.31. The fourth-order valence-corrected chi connectivity index (χ4v) is 9.51. The van der Waals surface area contributed by atoms with Gasteiger partial charge in [-0.15, -0.1) is 11.3 Å². The van der Waals surface area contributed by atoms with Crippen molar-refractivity contribution in [1.82, 2.24) is 19.5 Å². The predicted molar refractivity (Wildman–Crippen MR) is 244 cm³/mol. The molecule has 0 aliphatic heterocycles. The lowest BCUT2D eigenvalue weighted by molar-refractivity contribution is 0.669. The Hall–Kier alpha value is -7.15. The van der Waals surface area contributed by atoms with E-state index in [2.05, 4.69) is 134 Å².